The minimum absolute atomic E-state index is 0.000558. The second-order valence-electron chi connectivity index (χ2n) is 8.23. The highest BCUT2D eigenvalue weighted by atomic mass is 35.5. The summed E-state index contributed by atoms with van der Waals surface area (Å²) in [6.07, 6.45) is 1.84. The van der Waals surface area contributed by atoms with Gasteiger partial charge in [-0.25, -0.2) is 0 Å². The molecule has 0 aliphatic rings. The molecular weight excluding hydrogens is 487 g/mol. The summed E-state index contributed by atoms with van der Waals surface area (Å²) in [6, 6.07) is 17.9. The molecule has 1 atom stereocenters. The van der Waals surface area contributed by atoms with E-state index in [9.17, 15) is 19.6 Å². The van der Waals surface area contributed by atoms with Crippen LogP contribution < -0.4 is 0 Å². The van der Waals surface area contributed by atoms with Crippen molar-refractivity contribution in [1.29, 1.82) is 5.26 Å². The molecule has 3 aromatic carbocycles. The molecule has 0 saturated heterocycles. The van der Waals surface area contributed by atoms with Crippen LogP contribution in [0.3, 0.4) is 0 Å². The summed E-state index contributed by atoms with van der Waals surface area (Å²) in [5, 5.41) is 20.7. The molecule has 0 fully saturated rings. The molecule has 6 nitrogen and oxygen atoms in total. The average Bonchev–Trinajstić information content (AvgIpc) is 2.85. The first-order valence-corrected chi connectivity index (χ1v) is 11.9. The lowest BCUT2D eigenvalue weighted by Crippen LogP contribution is -2.36. The Labute approximate surface area is 213 Å². The van der Waals surface area contributed by atoms with Crippen molar-refractivity contribution in [2.75, 3.05) is 13.1 Å². The third-order valence-corrected chi connectivity index (χ3v) is 6.55. The van der Waals surface area contributed by atoms with Crippen molar-refractivity contribution < 1.29 is 19.5 Å². The molecule has 1 amide bonds. The van der Waals surface area contributed by atoms with E-state index in [2.05, 4.69) is 6.07 Å². The monoisotopic (exact) mass is 510 g/mol. The summed E-state index contributed by atoms with van der Waals surface area (Å²) in [4.78, 5) is 37.9. The molecule has 0 aliphatic heterocycles. The van der Waals surface area contributed by atoms with Gasteiger partial charge in [0.15, 0.2) is 0 Å². The van der Waals surface area contributed by atoms with Gasteiger partial charge in [0, 0.05) is 37.4 Å². The molecule has 1 unspecified atom stereocenters. The molecule has 3 rings (SSSR count). The number of carbonyl (C=O) groups excluding carboxylic acids is 2. The Balaban J connectivity index is 1.98. The number of unbranched alkanes of at least 4 members (excludes halogenated alkanes) is 1. The number of fused-ring (bicyclic) bond motifs is 1. The molecule has 0 saturated carbocycles. The van der Waals surface area contributed by atoms with Crippen LogP contribution in [0.1, 0.15) is 53.1 Å². The van der Waals surface area contributed by atoms with Gasteiger partial charge in [0.05, 0.1) is 21.7 Å². The highest BCUT2D eigenvalue weighted by Crippen LogP contribution is 2.30. The number of carboxylic acid groups (broad SMARTS) is 1. The highest BCUT2D eigenvalue weighted by molar-refractivity contribution is 6.42. The lowest BCUT2D eigenvalue weighted by Gasteiger charge is -2.28. The fourth-order valence-electron chi connectivity index (χ4n) is 4.04. The van der Waals surface area contributed by atoms with Gasteiger partial charge < -0.3 is 14.8 Å². The van der Waals surface area contributed by atoms with Crippen LogP contribution in [0.2, 0.25) is 10.0 Å². The van der Waals surface area contributed by atoms with E-state index in [1.807, 2.05) is 24.3 Å². The van der Waals surface area contributed by atoms with E-state index < -0.39 is 5.97 Å². The number of aliphatic carboxylic acids is 1. The van der Waals surface area contributed by atoms with Crippen LogP contribution in [0.25, 0.3) is 10.8 Å². The number of carbonyl (C=O) groups is 3. The van der Waals surface area contributed by atoms with Crippen molar-refractivity contribution in [2.45, 2.75) is 31.6 Å². The van der Waals surface area contributed by atoms with Gasteiger partial charge in [-0.1, -0.05) is 53.5 Å². The standard InChI is InChI=1S/C27H24Cl2N2O4/c28-24-9-8-19(15-25(24)29)21(10-12-32)17-31(11-4-3-7-26(33)34)27(35)23-14-18(16-30)13-20-5-1-2-6-22(20)23/h1-2,5-6,8-9,12-15,21H,3-4,7,10-11,17H2,(H,33,34). The van der Waals surface area contributed by atoms with Crippen molar-refractivity contribution in [3.8, 4) is 6.07 Å². The van der Waals surface area contributed by atoms with Gasteiger partial charge >= 0.3 is 5.97 Å². The summed E-state index contributed by atoms with van der Waals surface area (Å²) < 4.78 is 0. The van der Waals surface area contributed by atoms with Gasteiger partial charge in [0.1, 0.15) is 6.29 Å². The van der Waals surface area contributed by atoms with Gasteiger partial charge in [0.2, 0.25) is 0 Å². The first-order valence-electron chi connectivity index (χ1n) is 11.2. The van der Waals surface area contributed by atoms with E-state index in [0.29, 0.717) is 45.9 Å². The molecule has 180 valence electrons. The maximum atomic E-state index is 13.8. The van der Waals surface area contributed by atoms with Crippen molar-refractivity contribution >= 4 is 52.1 Å². The number of hydrogen-bond acceptors (Lipinski definition) is 4. The molecule has 3 aromatic rings. The Morgan fingerprint density at radius 1 is 1.06 bits per heavy atom. The zero-order valence-corrected chi connectivity index (χ0v) is 20.4. The van der Waals surface area contributed by atoms with Crippen molar-refractivity contribution in [1.82, 2.24) is 4.90 Å². The normalized spacial score (nSPS) is 11.6. The van der Waals surface area contributed by atoms with Gasteiger partial charge in [-0.3, -0.25) is 9.59 Å². The maximum Gasteiger partial charge on any atom is 0.303 e. The number of aldehydes is 1. The number of nitrogens with zero attached hydrogens (tertiary/aromatic N) is 2. The zero-order chi connectivity index (χ0) is 25.4. The number of nitriles is 1. The predicted molar refractivity (Wildman–Crippen MR) is 136 cm³/mol. The molecule has 8 heteroatoms. The Hall–Kier alpha value is -3.40. The smallest absolute Gasteiger partial charge is 0.303 e. The summed E-state index contributed by atoms with van der Waals surface area (Å²) in [5.74, 6) is -1.52. The van der Waals surface area contributed by atoms with E-state index in [1.54, 1.807) is 35.2 Å². The molecule has 0 radical (unpaired) electrons. The Morgan fingerprint density at radius 3 is 2.51 bits per heavy atom. The van der Waals surface area contributed by atoms with E-state index in [1.165, 1.54) is 0 Å². The topological polar surface area (TPSA) is 98.5 Å². The molecule has 0 bridgehead atoms. The Kier molecular flexibility index (Phi) is 9.25. The van der Waals surface area contributed by atoms with E-state index in [4.69, 9.17) is 28.3 Å². The van der Waals surface area contributed by atoms with Gasteiger partial charge in [-0.2, -0.15) is 5.26 Å². The van der Waals surface area contributed by atoms with Crippen LogP contribution in [0.5, 0.6) is 0 Å². The SMILES string of the molecule is N#Cc1cc(C(=O)N(CCCCC(=O)O)CC(CC=O)c2ccc(Cl)c(Cl)c2)c2ccccc2c1. The van der Waals surface area contributed by atoms with Gasteiger partial charge in [-0.05, 0) is 53.4 Å². The lowest BCUT2D eigenvalue weighted by molar-refractivity contribution is -0.137. The first kappa shape index (κ1) is 26.2. The number of hydrogen-bond donors (Lipinski definition) is 1. The number of rotatable bonds is 11. The molecular formula is C27H24Cl2N2O4. The molecule has 0 aromatic heterocycles. The Morgan fingerprint density at radius 2 is 1.83 bits per heavy atom. The minimum atomic E-state index is -0.898. The van der Waals surface area contributed by atoms with Crippen LogP contribution in [-0.2, 0) is 9.59 Å². The quantitative estimate of drug-likeness (QED) is 0.248. The van der Waals surface area contributed by atoms with Crippen molar-refractivity contribution in [3.05, 3.63) is 81.3 Å². The summed E-state index contributed by atoms with van der Waals surface area (Å²) in [7, 11) is 0. The Bertz CT molecular complexity index is 1290. The van der Waals surface area contributed by atoms with E-state index >= 15 is 0 Å². The van der Waals surface area contributed by atoms with Crippen LogP contribution >= 0.6 is 23.2 Å². The highest BCUT2D eigenvalue weighted by Gasteiger charge is 2.24. The van der Waals surface area contributed by atoms with Crippen LogP contribution in [0.4, 0.5) is 0 Å². The number of carboxylic acids is 1. The second kappa shape index (κ2) is 12.3. The van der Waals surface area contributed by atoms with Crippen LogP contribution in [-0.4, -0.2) is 41.3 Å². The summed E-state index contributed by atoms with van der Waals surface area (Å²) in [5.41, 5.74) is 1.52. The van der Waals surface area contributed by atoms with Crippen LogP contribution in [0.15, 0.2) is 54.6 Å². The van der Waals surface area contributed by atoms with Gasteiger partial charge in [0.25, 0.3) is 5.91 Å². The fourth-order valence-corrected chi connectivity index (χ4v) is 4.35. The molecule has 35 heavy (non-hydrogen) atoms. The molecule has 0 spiro atoms. The largest absolute Gasteiger partial charge is 0.481 e. The minimum Gasteiger partial charge on any atom is -0.481 e. The van der Waals surface area contributed by atoms with E-state index in [-0.39, 0.29) is 31.2 Å². The zero-order valence-electron chi connectivity index (χ0n) is 18.9. The maximum absolute atomic E-state index is 13.8. The molecule has 0 aliphatic carbocycles. The summed E-state index contributed by atoms with van der Waals surface area (Å²) >= 11 is 12.2. The van der Waals surface area contributed by atoms with Gasteiger partial charge in [-0.15, -0.1) is 0 Å². The second-order valence-corrected chi connectivity index (χ2v) is 9.05. The van der Waals surface area contributed by atoms with Crippen LogP contribution in [0, 0.1) is 11.3 Å². The third kappa shape index (κ3) is 6.82. The number of halogens is 2. The van der Waals surface area contributed by atoms with E-state index in [0.717, 1.165) is 17.2 Å². The predicted octanol–water partition coefficient (Wildman–Crippen LogP) is 6.09. The fraction of sp³-hybridized carbons (Fsp3) is 0.259. The average molecular weight is 511 g/mol. The van der Waals surface area contributed by atoms with Crippen molar-refractivity contribution in [2.24, 2.45) is 0 Å². The summed E-state index contributed by atoms with van der Waals surface area (Å²) in [6.45, 7) is 0.515. The molecule has 0 heterocycles. The number of benzene rings is 3. The van der Waals surface area contributed by atoms with Crippen molar-refractivity contribution in [3.63, 3.8) is 0 Å². The third-order valence-electron chi connectivity index (χ3n) is 5.81. The molecule has 1 N–H and O–H groups in total. The number of amides is 1. The lowest BCUT2D eigenvalue weighted by atomic mass is 9.94. The first-order chi connectivity index (χ1) is 16.8.